The van der Waals surface area contributed by atoms with E-state index >= 15 is 0 Å². The summed E-state index contributed by atoms with van der Waals surface area (Å²) >= 11 is 0. The number of nitrogens with zero attached hydrogens (tertiary/aromatic N) is 2. The van der Waals surface area contributed by atoms with Crippen molar-refractivity contribution in [3.05, 3.63) is 23.5 Å². The van der Waals surface area contributed by atoms with Gasteiger partial charge in [0.15, 0.2) is 0 Å². The molecule has 108 valence electrons. The van der Waals surface area contributed by atoms with E-state index in [0.29, 0.717) is 29.1 Å². The van der Waals surface area contributed by atoms with Crippen molar-refractivity contribution in [1.82, 2.24) is 0 Å². The van der Waals surface area contributed by atoms with Crippen LogP contribution in [0.3, 0.4) is 0 Å². The Morgan fingerprint density at radius 3 is 2.65 bits per heavy atom. The van der Waals surface area contributed by atoms with Crippen molar-refractivity contribution in [1.29, 1.82) is 0 Å². The Morgan fingerprint density at radius 1 is 1.30 bits per heavy atom. The van der Waals surface area contributed by atoms with Gasteiger partial charge in [-0.05, 0) is 32.8 Å². The maximum absolute atomic E-state index is 14.3. The molecule has 0 unspecified atom stereocenters. The smallest absolute Gasteiger partial charge is 0.147 e. The van der Waals surface area contributed by atoms with Crippen molar-refractivity contribution in [3.63, 3.8) is 0 Å². The molecule has 2 heterocycles. The zero-order valence-corrected chi connectivity index (χ0v) is 11.8. The van der Waals surface area contributed by atoms with E-state index in [9.17, 15) is 4.39 Å². The fourth-order valence-corrected chi connectivity index (χ4v) is 2.97. The highest BCUT2D eigenvalue weighted by Crippen LogP contribution is 2.38. The minimum absolute atomic E-state index is 0.282. The van der Waals surface area contributed by atoms with Gasteiger partial charge in [-0.25, -0.2) is 4.39 Å². The molecule has 0 spiro atoms. The van der Waals surface area contributed by atoms with Gasteiger partial charge in [0.2, 0.25) is 0 Å². The summed E-state index contributed by atoms with van der Waals surface area (Å²) < 4.78 is 20.2. The number of hydrogen-bond acceptors (Lipinski definition) is 4. The highest BCUT2D eigenvalue weighted by atomic mass is 19.1. The van der Waals surface area contributed by atoms with Gasteiger partial charge in [-0.2, -0.15) is 0 Å². The second-order valence-electron chi connectivity index (χ2n) is 6.08. The van der Waals surface area contributed by atoms with Gasteiger partial charge in [0.1, 0.15) is 17.2 Å². The molecule has 2 aliphatic heterocycles. The molecule has 1 N–H and O–H groups in total. The lowest BCUT2D eigenvalue weighted by Crippen LogP contribution is -2.36. The monoisotopic (exact) mass is 278 g/mol. The first-order valence-corrected chi connectivity index (χ1v) is 6.99. The number of ether oxygens (including phenoxy) is 1. The fourth-order valence-electron chi connectivity index (χ4n) is 2.97. The zero-order valence-electron chi connectivity index (χ0n) is 11.8. The molecule has 1 saturated heterocycles. The van der Waals surface area contributed by atoms with Crippen molar-refractivity contribution in [2.75, 3.05) is 18.0 Å². The molecule has 20 heavy (non-hydrogen) atoms. The number of hydrogen-bond donors (Lipinski definition) is 1. The summed E-state index contributed by atoms with van der Waals surface area (Å²) in [6.45, 7) is 5.61. The second kappa shape index (κ2) is 4.65. The van der Waals surface area contributed by atoms with E-state index < -0.39 is 5.60 Å². The van der Waals surface area contributed by atoms with E-state index in [1.54, 1.807) is 6.07 Å². The molecule has 4 nitrogen and oxygen atoms in total. The SMILES string of the molecule is CC1(C)CC(=NO)c2cc(F)c(N3CCCC3)cc2O1. The molecule has 0 aromatic heterocycles. The summed E-state index contributed by atoms with van der Waals surface area (Å²) in [6.07, 6.45) is 2.64. The topological polar surface area (TPSA) is 45.1 Å². The van der Waals surface area contributed by atoms with Crippen LogP contribution >= 0.6 is 0 Å². The predicted molar refractivity (Wildman–Crippen MR) is 75.5 cm³/mol. The molecule has 0 saturated carbocycles. The summed E-state index contributed by atoms with van der Waals surface area (Å²) in [6, 6.07) is 3.16. The third-order valence-electron chi connectivity index (χ3n) is 3.91. The Morgan fingerprint density at radius 2 is 2.00 bits per heavy atom. The largest absolute Gasteiger partial charge is 0.487 e. The summed E-state index contributed by atoms with van der Waals surface area (Å²) in [5.74, 6) is 0.312. The van der Waals surface area contributed by atoms with E-state index in [2.05, 4.69) is 5.16 Å². The van der Waals surface area contributed by atoms with Gasteiger partial charge in [0.25, 0.3) is 0 Å². The minimum atomic E-state index is -0.450. The fraction of sp³-hybridized carbons (Fsp3) is 0.533. The first kappa shape index (κ1) is 13.2. The van der Waals surface area contributed by atoms with Crippen LogP contribution in [0.4, 0.5) is 10.1 Å². The van der Waals surface area contributed by atoms with Crippen molar-refractivity contribution in [2.24, 2.45) is 5.16 Å². The highest BCUT2D eigenvalue weighted by molar-refractivity contribution is 6.04. The molecule has 1 aromatic rings. The van der Waals surface area contributed by atoms with Gasteiger partial charge in [0.05, 0.1) is 11.4 Å². The van der Waals surface area contributed by atoms with E-state index in [-0.39, 0.29) is 5.82 Å². The molecule has 0 radical (unpaired) electrons. The van der Waals surface area contributed by atoms with Crippen LogP contribution in [-0.4, -0.2) is 29.6 Å². The normalized spacial score (nSPS) is 22.8. The highest BCUT2D eigenvalue weighted by Gasteiger charge is 2.33. The lowest BCUT2D eigenvalue weighted by atomic mass is 9.92. The van der Waals surface area contributed by atoms with Gasteiger partial charge >= 0.3 is 0 Å². The molecule has 2 aliphatic rings. The van der Waals surface area contributed by atoms with Gasteiger partial charge in [-0.1, -0.05) is 5.16 Å². The molecular formula is C15H19FN2O2. The van der Waals surface area contributed by atoms with Gasteiger partial charge in [0, 0.05) is 31.1 Å². The first-order valence-electron chi connectivity index (χ1n) is 6.99. The van der Waals surface area contributed by atoms with Crippen LogP contribution in [0.1, 0.15) is 38.7 Å². The van der Waals surface area contributed by atoms with Crippen LogP contribution in [0, 0.1) is 5.82 Å². The maximum Gasteiger partial charge on any atom is 0.147 e. The standard InChI is InChI=1S/C15H19FN2O2/c1-15(2)9-12(17-19)10-7-11(16)13(8-14(10)20-15)18-5-3-4-6-18/h7-8,19H,3-6,9H2,1-2H3. The number of anilines is 1. The summed E-state index contributed by atoms with van der Waals surface area (Å²) in [4.78, 5) is 2.04. The second-order valence-corrected chi connectivity index (χ2v) is 6.08. The first-order chi connectivity index (χ1) is 9.50. The third kappa shape index (κ3) is 2.21. The summed E-state index contributed by atoms with van der Waals surface area (Å²) in [5, 5.41) is 12.5. The van der Waals surface area contributed by atoms with Crippen molar-refractivity contribution < 1.29 is 14.3 Å². The zero-order chi connectivity index (χ0) is 14.3. The number of oxime groups is 1. The lowest BCUT2D eigenvalue weighted by molar-refractivity contribution is 0.109. The maximum atomic E-state index is 14.3. The molecule has 1 aromatic carbocycles. The van der Waals surface area contributed by atoms with E-state index in [0.717, 1.165) is 25.9 Å². The molecule has 3 rings (SSSR count). The summed E-state index contributed by atoms with van der Waals surface area (Å²) in [7, 11) is 0. The van der Waals surface area contributed by atoms with Crippen molar-refractivity contribution >= 4 is 11.4 Å². The Balaban J connectivity index is 2.07. The van der Waals surface area contributed by atoms with E-state index in [1.165, 1.54) is 6.07 Å². The number of fused-ring (bicyclic) bond motifs is 1. The van der Waals surface area contributed by atoms with Crippen LogP contribution in [0.5, 0.6) is 5.75 Å². The predicted octanol–water partition coefficient (Wildman–Crippen LogP) is 3.17. The molecule has 1 fully saturated rings. The van der Waals surface area contributed by atoms with Crippen LogP contribution in [0.2, 0.25) is 0 Å². The van der Waals surface area contributed by atoms with Gasteiger partial charge in [-0.3, -0.25) is 0 Å². The molecule has 0 bridgehead atoms. The number of benzene rings is 1. The molecule has 0 amide bonds. The Bertz CT molecular complexity index is 563. The van der Waals surface area contributed by atoms with E-state index in [4.69, 9.17) is 9.94 Å². The van der Waals surface area contributed by atoms with E-state index in [1.807, 2.05) is 18.7 Å². The molecule has 0 atom stereocenters. The Kier molecular flexibility index (Phi) is 3.07. The quantitative estimate of drug-likeness (QED) is 0.634. The summed E-state index contributed by atoms with van der Waals surface area (Å²) in [5.41, 5.74) is 1.15. The van der Waals surface area contributed by atoms with Crippen LogP contribution in [-0.2, 0) is 0 Å². The Hall–Kier alpha value is -1.78. The van der Waals surface area contributed by atoms with Crippen molar-refractivity contribution in [3.8, 4) is 5.75 Å². The lowest BCUT2D eigenvalue weighted by Gasteiger charge is -2.33. The van der Waals surface area contributed by atoms with Gasteiger partial charge in [-0.15, -0.1) is 0 Å². The average Bonchev–Trinajstić information content (AvgIpc) is 2.91. The van der Waals surface area contributed by atoms with Crippen LogP contribution in [0.15, 0.2) is 17.3 Å². The van der Waals surface area contributed by atoms with Crippen LogP contribution in [0.25, 0.3) is 0 Å². The Labute approximate surface area is 117 Å². The molecule has 5 heteroatoms. The number of halogens is 1. The molecular weight excluding hydrogens is 259 g/mol. The third-order valence-corrected chi connectivity index (χ3v) is 3.91. The van der Waals surface area contributed by atoms with Crippen molar-refractivity contribution in [2.45, 2.75) is 38.7 Å². The number of rotatable bonds is 1. The van der Waals surface area contributed by atoms with Gasteiger partial charge < -0.3 is 14.8 Å². The minimum Gasteiger partial charge on any atom is -0.487 e. The molecule has 0 aliphatic carbocycles. The van der Waals surface area contributed by atoms with Crippen LogP contribution < -0.4 is 9.64 Å². The average molecular weight is 278 g/mol.